The minimum absolute atomic E-state index is 0.0656. The van der Waals surface area contributed by atoms with Gasteiger partial charge in [0.2, 0.25) is 0 Å². The molecule has 0 N–H and O–H groups in total. The molecule has 0 bridgehead atoms. The molecule has 6 nitrogen and oxygen atoms in total. The molecule has 0 aliphatic heterocycles. The van der Waals surface area contributed by atoms with Gasteiger partial charge in [0, 0.05) is 12.1 Å². The van der Waals surface area contributed by atoms with E-state index in [-0.39, 0.29) is 22.8 Å². The highest BCUT2D eigenvalue weighted by Crippen LogP contribution is 2.29. The number of alkyl halides is 1. The van der Waals surface area contributed by atoms with Crippen molar-refractivity contribution in [3.63, 3.8) is 0 Å². The quantitative estimate of drug-likeness (QED) is 0.440. The van der Waals surface area contributed by atoms with E-state index in [4.69, 9.17) is 11.6 Å². The van der Waals surface area contributed by atoms with Crippen molar-refractivity contribution in [2.45, 2.75) is 5.88 Å². The summed E-state index contributed by atoms with van der Waals surface area (Å²) in [7, 11) is 0. The van der Waals surface area contributed by atoms with Crippen LogP contribution in [0.5, 0.6) is 0 Å². The lowest BCUT2D eigenvalue weighted by atomic mass is 10.1. The zero-order valence-corrected chi connectivity index (χ0v) is 7.60. The Morgan fingerprint density at radius 2 is 1.57 bits per heavy atom. The SMILES string of the molecule is O=[N+]([O-])c1cccc([N+](=O)[O-])c1CCl. The fraction of sp³-hybridized carbons (Fsp3) is 0.143. The molecule has 0 unspecified atom stereocenters. The first kappa shape index (κ1) is 10.4. The summed E-state index contributed by atoms with van der Waals surface area (Å²) < 4.78 is 0. The van der Waals surface area contributed by atoms with Crippen LogP contribution in [-0.2, 0) is 5.88 Å². The summed E-state index contributed by atoms with van der Waals surface area (Å²) in [5.74, 6) is -0.256. The number of halogens is 1. The van der Waals surface area contributed by atoms with Crippen LogP contribution in [0.4, 0.5) is 11.4 Å². The molecule has 0 heterocycles. The van der Waals surface area contributed by atoms with Crippen LogP contribution in [0, 0.1) is 20.2 Å². The Morgan fingerprint density at radius 1 is 1.14 bits per heavy atom. The van der Waals surface area contributed by atoms with E-state index in [0.29, 0.717) is 0 Å². The van der Waals surface area contributed by atoms with Crippen LogP contribution in [0.25, 0.3) is 0 Å². The largest absolute Gasteiger partial charge is 0.280 e. The second-order valence-electron chi connectivity index (χ2n) is 2.42. The summed E-state index contributed by atoms with van der Waals surface area (Å²) in [6.45, 7) is 0. The van der Waals surface area contributed by atoms with Crippen molar-refractivity contribution in [1.82, 2.24) is 0 Å². The van der Waals surface area contributed by atoms with Gasteiger partial charge in [-0.1, -0.05) is 0 Å². The van der Waals surface area contributed by atoms with E-state index in [1.54, 1.807) is 0 Å². The molecular formula is C7H5ClN2O4. The molecule has 1 aromatic carbocycles. The van der Waals surface area contributed by atoms with Gasteiger partial charge < -0.3 is 0 Å². The van der Waals surface area contributed by atoms with Crippen LogP contribution >= 0.6 is 11.6 Å². The van der Waals surface area contributed by atoms with Gasteiger partial charge in [-0.15, -0.1) is 11.6 Å². The monoisotopic (exact) mass is 216 g/mol. The maximum Gasteiger partial charge on any atom is 0.280 e. The number of rotatable bonds is 3. The van der Waals surface area contributed by atoms with Crippen molar-refractivity contribution in [2.24, 2.45) is 0 Å². The molecular weight excluding hydrogens is 212 g/mol. The standard InChI is InChI=1S/C7H5ClN2O4/c8-4-5-6(9(11)12)2-1-3-7(5)10(13)14/h1-3H,4H2. The Bertz CT molecular complexity index is 361. The average molecular weight is 217 g/mol. The van der Waals surface area contributed by atoms with E-state index >= 15 is 0 Å². The summed E-state index contributed by atoms with van der Waals surface area (Å²) in [5, 5.41) is 21.0. The number of nitrogens with zero attached hydrogens (tertiary/aromatic N) is 2. The summed E-state index contributed by atoms with van der Waals surface area (Å²) >= 11 is 5.42. The Hall–Kier alpha value is -1.69. The van der Waals surface area contributed by atoms with E-state index < -0.39 is 9.85 Å². The highest BCUT2D eigenvalue weighted by atomic mass is 35.5. The Morgan fingerprint density at radius 3 is 1.86 bits per heavy atom. The van der Waals surface area contributed by atoms with E-state index in [1.807, 2.05) is 0 Å². The predicted octanol–water partition coefficient (Wildman–Crippen LogP) is 2.24. The van der Waals surface area contributed by atoms with Crippen molar-refractivity contribution < 1.29 is 9.85 Å². The second kappa shape index (κ2) is 4.01. The molecule has 0 saturated carbocycles. The van der Waals surface area contributed by atoms with Crippen LogP contribution in [-0.4, -0.2) is 9.85 Å². The molecule has 0 saturated heterocycles. The molecule has 0 aliphatic rings. The topological polar surface area (TPSA) is 86.3 Å². The van der Waals surface area contributed by atoms with Crippen molar-refractivity contribution in [1.29, 1.82) is 0 Å². The smallest absolute Gasteiger partial charge is 0.258 e. The minimum Gasteiger partial charge on any atom is -0.258 e. The summed E-state index contributed by atoms with van der Waals surface area (Å²) in [4.78, 5) is 19.6. The van der Waals surface area contributed by atoms with Crippen LogP contribution in [0.3, 0.4) is 0 Å². The first-order chi connectivity index (χ1) is 6.57. The van der Waals surface area contributed by atoms with E-state index in [1.165, 1.54) is 18.2 Å². The van der Waals surface area contributed by atoms with Crippen molar-refractivity contribution in [2.75, 3.05) is 0 Å². The lowest BCUT2D eigenvalue weighted by molar-refractivity contribution is -0.395. The molecule has 0 aromatic heterocycles. The normalized spacial score (nSPS) is 9.79. The Labute approximate surface area is 83.4 Å². The Balaban J connectivity index is 3.39. The Kier molecular flexibility index (Phi) is 2.98. The molecule has 0 radical (unpaired) electrons. The van der Waals surface area contributed by atoms with Crippen molar-refractivity contribution in [3.8, 4) is 0 Å². The summed E-state index contributed by atoms with van der Waals surface area (Å²) in [5.41, 5.74) is -0.715. The van der Waals surface area contributed by atoms with Crippen LogP contribution in [0.1, 0.15) is 5.56 Å². The first-order valence-electron chi connectivity index (χ1n) is 3.54. The third kappa shape index (κ3) is 1.80. The van der Waals surface area contributed by atoms with Gasteiger partial charge in [-0.3, -0.25) is 20.2 Å². The van der Waals surface area contributed by atoms with Crippen LogP contribution < -0.4 is 0 Å². The summed E-state index contributed by atoms with van der Waals surface area (Å²) in [6, 6.07) is 3.63. The van der Waals surface area contributed by atoms with Gasteiger partial charge in [0.1, 0.15) is 5.56 Å². The van der Waals surface area contributed by atoms with E-state index in [2.05, 4.69) is 0 Å². The molecule has 74 valence electrons. The van der Waals surface area contributed by atoms with Gasteiger partial charge in [0.15, 0.2) is 0 Å². The third-order valence-electron chi connectivity index (χ3n) is 1.65. The molecule has 0 fully saturated rings. The number of hydrogen-bond donors (Lipinski definition) is 0. The van der Waals surface area contributed by atoms with Crippen LogP contribution in [0.15, 0.2) is 18.2 Å². The fourth-order valence-corrected chi connectivity index (χ4v) is 1.32. The van der Waals surface area contributed by atoms with E-state index in [0.717, 1.165) is 0 Å². The van der Waals surface area contributed by atoms with Gasteiger partial charge in [0.25, 0.3) is 11.4 Å². The van der Waals surface area contributed by atoms with Crippen molar-refractivity contribution >= 4 is 23.0 Å². The lowest BCUT2D eigenvalue weighted by Gasteiger charge is -1.99. The zero-order chi connectivity index (χ0) is 10.7. The number of nitro benzene ring substituents is 2. The molecule has 14 heavy (non-hydrogen) atoms. The first-order valence-corrected chi connectivity index (χ1v) is 4.08. The molecule has 0 amide bonds. The third-order valence-corrected chi connectivity index (χ3v) is 1.92. The average Bonchev–Trinajstić information content (AvgIpc) is 2.16. The van der Waals surface area contributed by atoms with Gasteiger partial charge in [-0.25, -0.2) is 0 Å². The predicted molar refractivity (Wildman–Crippen MR) is 49.3 cm³/mol. The lowest BCUT2D eigenvalue weighted by Crippen LogP contribution is -1.98. The van der Waals surface area contributed by atoms with Gasteiger partial charge >= 0.3 is 0 Å². The molecule has 1 aromatic rings. The minimum atomic E-state index is -0.690. The van der Waals surface area contributed by atoms with Gasteiger partial charge in [-0.2, -0.15) is 0 Å². The van der Waals surface area contributed by atoms with Gasteiger partial charge in [-0.05, 0) is 6.07 Å². The second-order valence-corrected chi connectivity index (χ2v) is 2.69. The highest BCUT2D eigenvalue weighted by Gasteiger charge is 2.23. The molecule has 0 atom stereocenters. The number of hydrogen-bond acceptors (Lipinski definition) is 4. The maximum atomic E-state index is 10.5. The zero-order valence-electron chi connectivity index (χ0n) is 6.84. The molecule has 7 heteroatoms. The molecule has 0 spiro atoms. The van der Waals surface area contributed by atoms with Crippen molar-refractivity contribution in [3.05, 3.63) is 44.0 Å². The fourth-order valence-electron chi connectivity index (χ4n) is 1.04. The van der Waals surface area contributed by atoms with E-state index in [9.17, 15) is 20.2 Å². The van der Waals surface area contributed by atoms with Crippen LogP contribution in [0.2, 0.25) is 0 Å². The molecule has 1 rings (SSSR count). The molecule has 0 aliphatic carbocycles. The van der Waals surface area contributed by atoms with Gasteiger partial charge in [0.05, 0.1) is 15.7 Å². The summed E-state index contributed by atoms with van der Waals surface area (Å²) in [6.07, 6.45) is 0. The highest BCUT2D eigenvalue weighted by molar-refractivity contribution is 6.17. The number of benzene rings is 1. The maximum absolute atomic E-state index is 10.5. The number of nitro groups is 2.